The Morgan fingerprint density at radius 3 is 3.30 bits per heavy atom. The summed E-state index contributed by atoms with van der Waals surface area (Å²) >= 11 is 0. The Bertz CT molecular complexity index is 271. The van der Waals surface area contributed by atoms with E-state index in [-0.39, 0.29) is 0 Å². The lowest BCUT2D eigenvalue weighted by Gasteiger charge is -2.04. The molecule has 0 spiro atoms. The zero-order chi connectivity index (χ0) is 6.97. The number of fused-ring (bicyclic) bond motifs is 1. The Kier molecular flexibility index (Phi) is 1.13. The van der Waals surface area contributed by atoms with Gasteiger partial charge in [-0.3, -0.25) is 0 Å². The number of aromatic nitrogens is 2. The summed E-state index contributed by atoms with van der Waals surface area (Å²) in [6.45, 7) is 2.03. The number of aryl methyl sites for hydroxylation is 2. The van der Waals surface area contributed by atoms with Crippen molar-refractivity contribution in [3.05, 3.63) is 23.5 Å². The zero-order valence-electron chi connectivity index (χ0n) is 6.04. The molecule has 0 saturated carbocycles. The molecule has 0 amide bonds. The highest BCUT2D eigenvalue weighted by atomic mass is 15.3. The van der Waals surface area contributed by atoms with E-state index in [0.717, 1.165) is 18.5 Å². The first-order valence-electron chi connectivity index (χ1n) is 3.58. The third-order valence-electron chi connectivity index (χ3n) is 1.75. The fraction of sp³-hybridized carbons (Fsp3) is 0.375. The maximum atomic E-state index is 4.28. The highest BCUT2D eigenvalue weighted by Gasteiger charge is 2.04. The first kappa shape index (κ1) is 5.71. The van der Waals surface area contributed by atoms with Gasteiger partial charge in [0.05, 0.1) is 5.69 Å². The van der Waals surface area contributed by atoms with Crippen molar-refractivity contribution in [1.82, 2.24) is 9.78 Å². The van der Waals surface area contributed by atoms with Crippen LogP contribution in [-0.2, 0) is 6.42 Å². The topological polar surface area (TPSA) is 17.8 Å². The van der Waals surface area contributed by atoms with E-state index in [1.54, 1.807) is 0 Å². The summed E-state index contributed by atoms with van der Waals surface area (Å²) in [6.07, 6.45) is 6.48. The smallest absolute Gasteiger partial charge is 0.0600 e. The molecule has 0 aliphatic carbocycles. The molecule has 2 rings (SSSR count). The molecule has 0 atom stereocenters. The van der Waals surface area contributed by atoms with Gasteiger partial charge in [0.1, 0.15) is 0 Å². The number of allylic oxidation sites excluding steroid dienone is 1. The van der Waals surface area contributed by atoms with Crippen LogP contribution in [0.25, 0.3) is 6.20 Å². The second-order valence-corrected chi connectivity index (χ2v) is 2.65. The zero-order valence-corrected chi connectivity index (χ0v) is 6.04. The van der Waals surface area contributed by atoms with Gasteiger partial charge in [0.25, 0.3) is 0 Å². The van der Waals surface area contributed by atoms with Crippen LogP contribution in [0.2, 0.25) is 0 Å². The summed E-state index contributed by atoms with van der Waals surface area (Å²) in [7, 11) is 0. The molecule has 1 aliphatic rings. The average molecular weight is 134 g/mol. The standard InChI is InChI=1S/C8H10N2/c1-7-6-8-4-2-3-5-10(8)9-7/h3,5-6H,2,4H2,1H3. The molecule has 0 aromatic carbocycles. The van der Waals surface area contributed by atoms with Gasteiger partial charge in [-0.15, -0.1) is 0 Å². The van der Waals surface area contributed by atoms with Gasteiger partial charge in [-0.25, -0.2) is 4.68 Å². The summed E-state index contributed by atoms with van der Waals surface area (Å²) in [6, 6.07) is 2.14. The Balaban J connectivity index is 2.53. The minimum atomic E-state index is 1.11. The van der Waals surface area contributed by atoms with E-state index < -0.39 is 0 Å². The molecule has 0 saturated heterocycles. The Hall–Kier alpha value is -1.05. The van der Waals surface area contributed by atoms with E-state index in [0.29, 0.717) is 0 Å². The monoisotopic (exact) mass is 134 g/mol. The lowest BCUT2D eigenvalue weighted by atomic mass is 10.2. The second kappa shape index (κ2) is 1.97. The molecule has 1 aromatic rings. The van der Waals surface area contributed by atoms with E-state index in [4.69, 9.17) is 0 Å². The highest BCUT2D eigenvalue weighted by molar-refractivity contribution is 5.30. The summed E-state index contributed by atoms with van der Waals surface area (Å²) in [5.41, 5.74) is 2.45. The minimum Gasteiger partial charge on any atom is -0.245 e. The molecule has 0 N–H and O–H groups in total. The summed E-state index contributed by atoms with van der Waals surface area (Å²) < 4.78 is 1.96. The van der Waals surface area contributed by atoms with Crippen molar-refractivity contribution in [2.75, 3.05) is 0 Å². The van der Waals surface area contributed by atoms with Crippen molar-refractivity contribution < 1.29 is 0 Å². The molecule has 1 aliphatic heterocycles. The lowest BCUT2D eigenvalue weighted by Crippen LogP contribution is -2.00. The summed E-state index contributed by atoms with van der Waals surface area (Å²) in [5, 5.41) is 4.28. The van der Waals surface area contributed by atoms with Gasteiger partial charge in [-0.05, 0) is 25.8 Å². The molecule has 1 aromatic heterocycles. The maximum absolute atomic E-state index is 4.28. The molecule has 0 fully saturated rings. The molecule has 0 bridgehead atoms. The van der Waals surface area contributed by atoms with Crippen LogP contribution in [0.5, 0.6) is 0 Å². The number of rotatable bonds is 0. The molecule has 2 heteroatoms. The van der Waals surface area contributed by atoms with Crippen molar-refractivity contribution >= 4 is 6.20 Å². The summed E-state index contributed by atoms with van der Waals surface area (Å²) in [5.74, 6) is 0. The first-order valence-corrected chi connectivity index (χ1v) is 3.58. The predicted molar refractivity (Wildman–Crippen MR) is 40.6 cm³/mol. The largest absolute Gasteiger partial charge is 0.245 e. The van der Waals surface area contributed by atoms with Gasteiger partial charge in [0.2, 0.25) is 0 Å². The van der Waals surface area contributed by atoms with E-state index in [2.05, 4.69) is 17.2 Å². The molecule has 10 heavy (non-hydrogen) atoms. The van der Waals surface area contributed by atoms with E-state index in [9.17, 15) is 0 Å². The SMILES string of the molecule is Cc1cc2n(n1)C=CCC2. The fourth-order valence-electron chi connectivity index (χ4n) is 1.29. The van der Waals surface area contributed by atoms with Gasteiger partial charge in [0.15, 0.2) is 0 Å². The third kappa shape index (κ3) is 0.764. The molecule has 0 unspecified atom stereocenters. The van der Waals surface area contributed by atoms with Crippen LogP contribution in [-0.4, -0.2) is 9.78 Å². The van der Waals surface area contributed by atoms with Gasteiger partial charge in [-0.1, -0.05) is 6.08 Å². The minimum absolute atomic E-state index is 1.11. The Morgan fingerprint density at radius 2 is 2.50 bits per heavy atom. The third-order valence-corrected chi connectivity index (χ3v) is 1.75. The van der Waals surface area contributed by atoms with Crippen LogP contribution in [0.3, 0.4) is 0 Å². The Labute approximate surface area is 60.2 Å². The van der Waals surface area contributed by atoms with Crippen LogP contribution < -0.4 is 0 Å². The number of hydrogen-bond donors (Lipinski definition) is 0. The molecule has 2 nitrogen and oxygen atoms in total. The number of nitrogens with zero attached hydrogens (tertiary/aromatic N) is 2. The summed E-state index contributed by atoms with van der Waals surface area (Å²) in [4.78, 5) is 0. The molecule has 0 radical (unpaired) electrons. The second-order valence-electron chi connectivity index (χ2n) is 2.65. The Morgan fingerprint density at radius 1 is 1.60 bits per heavy atom. The average Bonchev–Trinajstić information content (AvgIpc) is 2.27. The predicted octanol–water partition coefficient (Wildman–Crippen LogP) is 1.61. The van der Waals surface area contributed by atoms with Crippen LogP contribution >= 0.6 is 0 Å². The lowest BCUT2D eigenvalue weighted by molar-refractivity contribution is 0.794. The van der Waals surface area contributed by atoms with Crippen LogP contribution in [0, 0.1) is 6.92 Å². The van der Waals surface area contributed by atoms with Crippen molar-refractivity contribution in [3.8, 4) is 0 Å². The quantitative estimate of drug-likeness (QED) is 0.527. The van der Waals surface area contributed by atoms with Crippen molar-refractivity contribution in [3.63, 3.8) is 0 Å². The first-order chi connectivity index (χ1) is 4.86. The van der Waals surface area contributed by atoms with Crippen LogP contribution in [0.4, 0.5) is 0 Å². The molecular formula is C8H10N2. The van der Waals surface area contributed by atoms with Crippen molar-refractivity contribution in [2.45, 2.75) is 19.8 Å². The van der Waals surface area contributed by atoms with Crippen LogP contribution in [0.15, 0.2) is 12.1 Å². The van der Waals surface area contributed by atoms with Crippen molar-refractivity contribution in [1.29, 1.82) is 0 Å². The van der Waals surface area contributed by atoms with Gasteiger partial charge < -0.3 is 0 Å². The number of hydrogen-bond acceptors (Lipinski definition) is 1. The van der Waals surface area contributed by atoms with Gasteiger partial charge in [0, 0.05) is 11.9 Å². The molecule has 52 valence electrons. The van der Waals surface area contributed by atoms with Crippen molar-refractivity contribution in [2.24, 2.45) is 0 Å². The highest BCUT2D eigenvalue weighted by Crippen LogP contribution is 2.11. The van der Waals surface area contributed by atoms with E-state index >= 15 is 0 Å². The van der Waals surface area contributed by atoms with Gasteiger partial charge >= 0.3 is 0 Å². The normalized spacial score (nSPS) is 15.3. The fourth-order valence-corrected chi connectivity index (χ4v) is 1.29. The molecule has 2 heterocycles. The van der Waals surface area contributed by atoms with Gasteiger partial charge in [-0.2, -0.15) is 5.10 Å². The van der Waals surface area contributed by atoms with E-state index in [1.165, 1.54) is 5.69 Å². The van der Waals surface area contributed by atoms with E-state index in [1.807, 2.05) is 17.8 Å². The molecular weight excluding hydrogens is 124 g/mol. The maximum Gasteiger partial charge on any atom is 0.0600 e. The van der Waals surface area contributed by atoms with Crippen LogP contribution in [0.1, 0.15) is 17.8 Å².